The Balaban J connectivity index is 1.33. The number of esters is 1. The molecule has 1 aliphatic heterocycles. The van der Waals surface area contributed by atoms with E-state index >= 15 is 0 Å². The number of guanidine groups is 1. The van der Waals surface area contributed by atoms with Crippen molar-refractivity contribution in [3.63, 3.8) is 0 Å². The molecule has 0 aromatic heterocycles. The summed E-state index contributed by atoms with van der Waals surface area (Å²) >= 11 is 0. The van der Waals surface area contributed by atoms with Crippen molar-refractivity contribution in [2.24, 2.45) is 4.99 Å². The molecule has 0 atom stereocenters. The zero-order valence-corrected chi connectivity index (χ0v) is 17.3. The number of carbonyl (C=O) groups is 2. The SMILES string of the molecule is CN=C(NCCCC(=O)OC1CCCC1)NCc1ccc(N2CCCC2=O)cc1. The van der Waals surface area contributed by atoms with Crippen molar-refractivity contribution in [1.82, 2.24) is 10.6 Å². The maximum absolute atomic E-state index is 11.8. The van der Waals surface area contributed by atoms with Gasteiger partial charge in [0.25, 0.3) is 0 Å². The van der Waals surface area contributed by atoms with Crippen LogP contribution in [0.4, 0.5) is 5.69 Å². The molecule has 1 amide bonds. The van der Waals surface area contributed by atoms with Gasteiger partial charge in [-0.2, -0.15) is 0 Å². The highest BCUT2D eigenvalue weighted by Gasteiger charge is 2.21. The molecular weight excluding hydrogens is 368 g/mol. The van der Waals surface area contributed by atoms with Gasteiger partial charge in [0.1, 0.15) is 6.10 Å². The van der Waals surface area contributed by atoms with Crippen LogP contribution in [0.25, 0.3) is 0 Å². The van der Waals surface area contributed by atoms with Crippen molar-refractivity contribution in [3.05, 3.63) is 29.8 Å². The van der Waals surface area contributed by atoms with Gasteiger partial charge in [-0.05, 0) is 56.2 Å². The van der Waals surface area contributed by atoms with Crippen LogP contribution >= 0.6 is 0 Å². The van der Waals surface area contributed by atoms with E-state index in [0.717, 1.165) is 37.1 Å². The Morgan fingerprint density at radius 1 is 1.17 bits per heavy atom. The molecule has 2 aliphatic rings. The van der Waals surface area contributed by atoms with Gasteiger partial charge in [0, 0.05) is 45.2 Å². The molecule has 0 bridgehead atoms. The monoisotopic (exact) mass is 400 g/mol. The second-order valence-corrected chi connectivity index (χ2v) is 7.67. The van der Waals surface area contributed by atoms with E-state index in [1.165, 1.54) is 12.8 Å². The predicted molar refractivity (Wildman–Crippen MR) is 114 cm³/mol. The minimum Gasteiger partial charge on any atom is -0.462 e. The maximum atomic E-state index is 11.8. The molecule has 29 heavy (non-hydrogen) atoms. The average Bonchev–Trinajstić information content (AvgIpc) is 3.39. The molecule has 158 valence electrons. The number of hydrogen-bond donors (Lipinski definition) is 2. The molecule has 7 heteroatoms. The molecule has 0 radical (unpaired) electrons. The van der Waals surface area contributed by atoms with E-state index in [0.29, 0.717) is 38.3 Å². The lowest BCUT2D eigenvalue weighted by Gasteiger charge is -2.16. The highest BCUT2D eigenvalue weighted by atomic mass is 16.5. The van der Waals surface area contributed by atoms with Gasteiger partial charge in [-0.1, -0.05) is 12.1 Å². The van der Waals surface area contributed by atoms with Crippen LogP contribution in [0.2, 0.25) is 0 Å². The first kappa shape index (κ1) is 21.1. The summed E-state index contributed by atoms with van der Waals surface area (Å²) in [5.74, 6) is 0.804. The Morgan fingerprint density at radius 3 is 2.59 bits per heavy atom. The van der Waals surface area contributed by atoms with Crippen molar-refractivity contribution in [2.75, 3.05) is 25.0 Å². The Kier molecular flexibility index (Phi) is 7.90. The number of nitrogens with one attached hydrogen (secondary N) is 2. The van der Waals surface area contributed by atoms with Crippen LogP contribution in [0, 0.1) is 0 Å². The van der Waals surface area contributed by atoms with Gasteiger partial charge >= 0.3 is 5.97 Å². The fourth-order valence-electron chi connectivity index (χ4n) is 3.81. The van der Waals surface area contributed by atoms with Crippen LogP contribution < -0.4 is 15.5 Å². The molecule has 1 saturated heterocycles. The molecule has 1 aliphatic carbocycles. The first-order valence-electron chi connectivity index (χ1n) is 10.7. The molecule has 2 N–H and O–H groups in total. The van der Waals surface area contributed by atoms with E-state index in [4.69, 9.17) is 4.74 Å². The molecule has 1 aromatic rings. The topological polar surface area (TPSA) is 83.0 Å². The molecule has 3 rings (SSSR count). The highest BCUT2D eigenvalue weighted by Crippen LogP contribution is 2.22. The fourth-order valence-corrected chi connectivity index (χ4v) is 3.81. The lowest BCUT2D eigenvalue weighted by atomic mass is 10.2. The Labute approximate surface area is 172 Å². The molecule has 1 saturated carbocycles. The van der Waals surface area contributed by atoms with E-state index in [1.54, 1.807) is 7.05 Å². The van der Waals surface area contributed by atoms with Gasteiger partial charge in [0.2, 0.25) is 5.91 Å². The minimum absolute atomic E-state index is 0.0989. The zero-order valence-electron chi connectivity index (χ0n) is 17.3. The lowest BCUT2D eigenvalue weighted by molar-refractivity contribution is -0.148. The van der Waals surface area contributed by atoms with Crippen LogP contribution in [-0.4, -0.2) is 44.1 Å². The number of benzene rings is 1. The van der Waals surface area contributed by atoms with Crippen molar-refractivity contribution < 1.29 is 14.3 Å². The normalized spacial score (nSPS) is 17.6. The quantitative estimate of drug-likeness (QED) is 0.303. The van der Waals surface area contributed by atoms with Gasteiger partial charge in [0.05, 0.1) is 0 Å². The van der Waals surface area contributed by atoms with Crippen molar-refractivity contribution >= 4 is 23.5 Å². The largest absolute Gasteiger partial charge is 0.462 e. The predicted octanol–water partition coefficient (Wildman–Crippen LogP) is 2.74. The van der Waals surface area contributed by atoms with Gasteiger partial charge in [-0.3, -0.25) is 14.6 Å². The molecule has 2 fully saturated rings. The number of anilines is 1. The number of aliphatic imine (C=N–C) groups is 1. The number of rotatable bonds is 8. The smallest absolute Gasteiger partial charge is 0.306 e. The van der Waals surface area contributed by atoms with Crippen LogP contribution in [0.3, 0.4) is 0 Å². The highest BCUT2D eigenvalue weighted by molar-refractivity contribution is 5.95. The number of nitrogens with zero attached hydrogens (tertiary/aromatic N) is 2. The summed E-state index contributed by atoms with van der Waals surface area (Å²) in [6.45, 7) is 2.11. The Hall–Kier alpha value is -2.57. The third kappa shape index (κ3) is 6.48. The molecule has 1 aromatic carbocycles. The zero-order chi connectivity index (χ0) is 20.5. The van der Waals surface area contributed by atoms with Gasteiger partial charge in [-0.25, -0.2) is 0 Å². The van der Waals surface area contributed by atoms with E-state index < -0.39 is 0 Å². The number of ether oxygens (including phenoxy) is 1. The van der Waals surface area contributed by atoms with Crippen LogP contribution in [-0.2, 0) is 20.9 Å². The van der Waals surface area contributed by atoms with E-state index in [9.17, 15) is 9.59 Å². The van der Waals surface area contributed by atoms with Crippen LogP contribution in [0.15, 0.2) is 29.3 Å². The summed E-state index contributed by atoms with van der Waals surface area (Å²) < 4.78 is 5.47. The number of hydrogen-bond acceptors (Lipinski definition) is 4. The standard InChI is InChI=1S/C22H32N4O3/c1-23-22(24-14-4-9-21(28)29-19-6-2-3-7-19)25-16-17-10-12-18(13-11-17)26-15-5-8-20(26)27/h10-13,19H,2-9,14-16H2,1H3,(H2,23,24,25). The van der Waals surface area contributed by atoms with Gasteiger partial charge in [0.15, 0.2) is 5.96 Å². The summed E-state index contributed by atoms with van der Waals surface area (Å²) in [5.41, 5.74) is 2.08. The van der Waals surface area contributed by atoms with Crippen LogP contribution in [0.5, 0.6) is 0 Å². The summed E-state index contributed by atoms with van der Waals surface area (Å²) in [7, 11) is 1.73. The van der Waals surface area contributed by atoms with Gasteiger partial charge in [-0.15, -0.1) is 0 Å². The Bertz CT molecular complexity index is 711. The molecule has 1 heterocycles. The summed E-state index contributed by atoms with van der Waals surface area (Å²) in [6, 6.07) is 8.04. The average molecular weight is 401 g/mol. The fraction of sp³-hybridized carbons (Fsp3) is 0.591. The number of carbonyl (C=O) groups excluding carboxylic acids is 2. The third-order valence-electron chi connectivity index (χ3n) is 5.46. The first-order valence-corrected chi connectivity index (χ1v) is 10.7. The third-order valence-corrected chi connectivity index (χ3v) is 5.46. The van der Waals surface area contributed by atoms with E-state index in [2.05, 4.69) is 15.6 Å². The number of amides is 1. The molecule has 0 unspecified atom stereocenters. The van der Waals surface area contributed by atoms with Crippen LogP contribution in [0.1, 0.15) is 56.9 Å². The Morgan fingerprint density at radius 2 is 1.93 bits per heavy atom. The summed E-state index contributed by atoms with van der Waals surface area (Å²) in [5, 5.41) is 6.50. The van der Waals surface area contributed by atoms with Crippen molar-refractivity contribution in [3.8, 4) is 0 Å². The summed E-state index contributed by atoms with van der Waals surface area (Å²) in [6.07, 6.45) is 7.21. The summed E-state index contributed by atoms with van der Waals surface area (Å²) in [4.78, 5) is 29.7. The molecule has 7 nitrogen and oxygen atoms in total. The van der Waals surface area contributed by atoms with Crippen molar-refractivity contribution in [2.45, 2.75) is 64.0 Å². The lowest BCUT2D eigenvalue weighted by Crippen LogP contribution is -2.37. The van der Waals surface area contributed by atoms with Crippen molar-refractivity contribution in [1.29, 1.82) is 0 Å². The second kappa shape index (κ2) is 10.8. The second-order valence-electron chi connectivity index (χ2n) is 7.67. The van der Waals surface area contributed by atoms with E-state index in [-0.39, 0.29) is 18.0 Å². The molecule has 0 spiro atoms. The van der Waals surface area contributed by atoms with Gasteiger partial charge < -0.3 is 20.3 Å². The van der Waals surface area contributed by atoms with E-state index in [1.807, 2.05) is 29.2 Å². The molecular formula is C22H32N4O3. The maximum Gasteiger partial charge on any atom is 0.306 e. The first-order chi connectivity index (χ1) is 14.2. The minimum atomic E-state index is -0.0989.